The summed E-state index contributed by atoms with van der Waals surface area (Å²) in [6.45, 7) is 1.60. The van der Waals surface area contributed by atoms with Crippen LogP contribution in [-0.2, 0) is 0 Å². The number of hydrogen-bond acceptors (Lipinski definition) is 3. The molecule has 0 radical (unpaired) electrons. The van der Waals surface area contributed by atoms with Crippen LogP contribution >= 0.6 is 0 Å². The van der Waals surface area contributed by atoms with E-state index in [2.05, 4.69) is 5.10 Å². The SMILES string of the molecule is CC(CO)N(C)C(=O)c1ccn(-c2ccccc2F)n1. The van der Waals surface area contributed by atoms with Gasteiger partial charge in [0.25, 0.3) is 5.91 Å². The maximum atomic E-state index is 13.6. The van der Waals surface area contributed by atoms with Crippen molar-refractivity contribution in [3.63, 3.8) is 0 Å². The van der Waals surface area contributed by atoms with Crippen LogP contribution in [-0.4, -0.2) is 45.4 Å². The van der Waals surface area contributed by atoms with Gasteiger partial charge in [0.1, 0.15) is 11.5 Å². The van der Waals surface area contributed by atoms with Gasteiger partial charge < -0.3 is 10.0 Å². The summed E-state index contributed by atoms with van der Waals surface area (Å²) in [5.41, 5.74) is 0.487. The van der Waals surface area contributed by atoms with Crippen LogP contribution < -0.4 is 0 Å². The standard InChI is InChI=1S/C14H16FN3O2/c1-10(9-19)17(2)14(20)12-7-8-18(16-12)13-6-4-3-5-11(13)15/h3-8,10,19H,9H2,1-2H3. The minimum absolute atomic E-state index is 0.129. The molecule has 5 nitrogen and oxygen atoms in total. The Morgan fingerprint density at radius 3 is 2.80 bits per heavy atom. The average molecular weight is 277 g/mol. The molecule has 0 spiro atoms. The van der Waals surface area contributed by atoms with Crippen LogP contribution in [0, 0.1) is 5.82 Å². The first-order chi connectivity index (χ1) is 9.54. The van der Waals surface area contributed by atoms with Gasteiger partial charge in [-0.2, -0.15) is 5.10 Å². The number of benzene rings is 1. The van der Waals surface area contributed by atoms with Crippen molar-refractivity contribution in [1.82, 2.24) is 14.7 Å². The fourth-order valence-electron chi connectivity index (χ4n) is 1.71. The molecule has 1 aromatic heterocycles. The lowest BCUT2D eigenvalue weighted by molar-refractivity contribution is 0.0676. The summed E-state index contributed by atoms with van der Waals surface area (Å²) >= 11 is 0. The second-order valence-electron chi connectivity index (χ2n) is 4.54. The van der Waals surface area contributed by atoms with E-state index in [4.69, 9.17) is 5.11 Å². The Morgan fingerprint density at radius 2 is 2.15 bits per heavy atom. The van der Waals surface area contributed by atoms with Crippen LogP contribution in [0.5, 0.6) is 0 Å². The molecule has 1 unspecified atom stereocenters. The number of amides is 1. The molecule has 0 bridgehead atoms. The van der Waals surface area contributed by atoms with Crippen molar-refractivity contribution in [2.75, 3.05) is 13.7 Å². The highest BCUT2D eigenvalue weighted by Gasteiger charge is 2.19. The predicted molar refractivity (Wildman–Crippen MR) is 72.2 cm³/mol. The number of rotatable bonds is 4. The van der Waals surface area contributed by atoms with Gasteiger partial charge in [0.15, 0.2) is 5.69 Å². The number of carbonyl (C=O) groups is 1. The maximum Gasteiger partial charge on any atom is 0.274 e. The number of para-hydroxylation sites is 1. The minimum atomic E-state index is -0.410. The van der Waals surface area contributed by atoms with Crippen molar-refractivity contribution < 1.29 is 14.3 Å². The van der Waals surface area contributed by atoms with E-state index >= 15 is 0 Å². The summed E-state index contributed by atoms with van der Waals surface area (Å²) in [5, 5.41) is 13.1. The topological polar surface area (TPSA) is 58.4 Å². The third-order valence-corrected chi connectivity index (χ3v) is 3.15. The summed E-state index contributed by atoms with van der Waals surface area (Å²) < 4.78 is 15.0. The number of likely N-dealkylation sites (N-methyl/N-ethyl adjacent to an activating group) is 1. The van der Waals surface area contributed by atoms with Crippen LogP contribution in [0.3, 0.4) is 0 Å². The molecule has 1 atom stereocenters. The van der Waals surface area contributed by atoms with E-state index in [1.54, 1.807) is 32.2 Å². The number of aliphatic hydroxyl groups is 1. The molecule has 0 saturated carbocycles. The Morgan fingerprint density at radius 1 is 1.45 bits per heavy atom. The highest BCUT2D eigenvalue weighted by atomic mass is 19.1. The maximum absolute atomic E-state index is 13.6. The van der Waals surface area contributed by atoms with Crippen LogP contribution in [0.2, 0.25) is 0 Å². The largest absolute Gasteiger partial charge is 0.394 e. The lowest BCUT2D eigenvalue weighted by atomic mass is 10.3. The second-order valence-corrected chi connectivity index (χ2v) is 4.54. The van der Waals surface area contributed by atoms with E-state index in [1.165, 1.54) is 27.9 Å². The monoisotopic (exact) mass is 277 g/mol. The van der Waals surface area contributed by atoms with E-state index in [0.29, 0.717) is 0 Å². The van der Waals surface area contributed by atoms with E-state index in [0.717, 1.165) is 0 Å². The molecular weight excluding hydrogens is 261 g/mol. The van der Waals surface area contributed by atoms with Gasteiger partial charge in [-0.15, -0.1) is 0 Å². The molecule has 2 rings (SSSR count). The molecule has 0 aliphatic carbocycles. The Bertz CT molecular complexity index is 612. The van der Waals surface area contributed by atoms with Gasteiger partial charge in [-0.3, -0.25) is 4.79 Å². The molecule has 2 aromatic rings. The first-order valence-corrected chi connectivity index (χ1v) is 6.23. The quantitative estimate of drug-likeness (QED) is 0.920. The van der Waals surface area contributed by atoms with Crippen molar-refractivity contribution in [2.45, 2.75) is 13.0 Å². The molecule has 0 saturated heterocycles. The highest BCUT2D eigenvalue weighted by molar-refractivity contribution is 5.92. The molecule has 6 heteroatoms. The molecule has 106 valence electrons. The van der Waals surface area contributed by atoms with Gasteiger partial charge in [0.05, 0.1) is 12.6 Å². The first kappa shape index (κ1) is 14.2. The van der Waals surface area contributed by atoms with Crippen molar-refractivity contribution >= 4 is 5.91 Å². The Kier molecular flexibility index (Phi) is 4.14. The molecule has 20 heavy (non-hydrogen) atoms. The third-order valence-electron chi connectivity index (χ3n) is 3.15. The predicted octanol–water partition coefficient (Wildman–Crippen LogP) is 1.46. The van der Waals surface area contributed by atoms with Crippen molar-refractivity contribution in [3.8, 4) is 5.69 Å². The summed E-state index contributed by atoms with van der Waals surface area (Å²) in [6.07, 6.45) is 1.53. The lowest BCUT2D eigenvalue weighted by Gasteiger charge is -2.21. The zero-order valence-electron chi connectivity index (χ0n) is 11.3. The van der Waals surface area contributed by atoms with Crippen molar-refractivity contribution in [3.05, 3.63) is 48.0 Å². The highest BCUT2D eigenvalue weighted by Crippen LogP contribution is 2.13. The number of halogens is 1. The molecule has 1 aromatic carbocycles. The van der Waals surface area contributed by atoms with E-state index in [-0.39, 0.29) is 29.9 Å². The van der Waals surface area contributed by atoms with Crippen molar-refractivity contribution in [2.24, 2.45) is 0 Å². The van der Waals surface area contributed by atoms with Crippen LogP contribution in [0.15, 0.2) is 36.5 Å². The molecular formula is C14H16FN3O2. The van der Waals surface area contributed by atoms with Crippen LogP contribution in [0.4, 0.5) is 4.39 Å². The molecule has 1 amide bonds. The molecule has 1 heterocycles. The number of aromatic nitrogens is 2. The van der Waals surface area contributed by atoms with Gasteiger partial charge in [-0.1, -0.05) is 12.1 Å². The van der Waals surface area contributed by atoms with Gasteiger partial charge in [-0.25, -0.2) is 9.07 Å². The lowest BCUT2D eigenvalue weighted by Crippen LogP contribution is -2.37. The van der Waals surface area contributed by atoms with Gasteiger partial charge in [-0.05, 0) is 25.1 Å². The minimum Gasteiger partial charge on any atom is -0.394 e. The number of hydrogen-bond donors (Lipinski definition) is 1. The average Bonchev–Trinajstić information content (AvgIpc) is 2.94. The van der Waals surface area contributed by atoms with Gasteiger partial charge in [0, 0.05) is 13.2 Å². The summed E-state index contributed by atoms with van der Waals surface area (Å²) in [5.74, 6) is -0.728. The smallest absolute Gasteiger partial charge is 0.274 e. The normalized spacial score (nSPS) is 12.2. The number of carbonyl (C=O) groups excluding carboxylic acids is 1. The van der Waals surface area contributed by atoms with Crippen molar-refractivity contribution in [1.29, 1.82) is 0 Å². The zero-order valence-corrected chi connectivity index (χ0v) is 11.3. The molecule has 0 fully saturated rings. The van der Waals surface area contributed by atoms with Gasteiger partial charge >= 0.3 is 0 Å². The Hall–Kier alpha value is -2.21. The summed E-state index contributed by atoms with van der Waals surface area (Å²) in [6, 6.07) is 7.41. The fourth-order valence-corrected chi connectivity index (χ4v) is 1.71. The van der Waals surface area contributed by atoms with E-state index < -0.39 is 5.82 Å². The van der Waals surface area contributed by atoms with Gasteiger partial charge in [0.2, 0.25) is 0 Å². The van der Waals surface area contributed by atoms with Crippen LogP contribution in [0.25, 0.3) is 5.69 Å². The molecule has 0 aliphatic rings. The summed E-state index contributed by atoms with van der Waals surface area (Å²) in [4.78, 5) is 13.5. The van der Waals surface area contributed by atoms with Crippen LogP contribution in [0.1, 0.15) is 17.4 Å². The van der Waals surface area contributed by atoms with E-state index in [1.807, 2.05) is 0 Å². The number of nitrogens with zero attached hydrogens (tertiary/aromatic N) is 3. The molecule has 1 N–H and O–H groups in total. The zero-order chi connectivity index (χ0) is 14.7. The number of aliphatic hydroxyl groups excluding tert-OH is 1. The molecule has 0 aliphatic heterocycles. The Balaban J connectivity index is 2.26. The summed E-state index contributed by atoms with van der Waals surface area (Å²) in [7, 11) is 1.59. The Labute approximate surface area is 116 Å². The van der Waals surface area contributed by atoms with E-state index in [9.17, 15) is 9.18 Å². The third kappa shape index (κ3) is 2.70. The second kappa shape index (κ2) is 5.83. The first-order valence-electron chi connectivity index (χ1n) is 6.23. The fraction of sp³-hybridized carbons (Fsp3) is 0.286.